The second kappa shape index (κ2) is 36.4. The number of hydrogen-bond acceptors (Lipinski definition) is 10. The Kier molecular flexibility index (Phi) is 21.9. The van der Waals surface area contributed by atoms with Gasteiger partial charge in [-0.2, -0.15) is 0 Å². The highest BCUT2D eigenvalue weighted by Crippen LogP contribution is 2.44. The predicted octanol–water partition coefficient (Wildman–Crippen LogP) is 33.3. The molecule has 10 heteroatoms. The molecule has 0 N–H and O–H groups in total. The molecule has 0 unspecified atom stereocenters. The number of fused-ring (bicyclic) bond motifs is 15. The number of aromatic nitrogens is 7. The predicted molar refractivity (Wildman–Crippen MR) is 555 cm³/mol. The summed E-state index contributed by atoms with van der Waals surface area (Å²) in [4.78, 5) is 35.9. The molecule has 0 atom stereocenters. The molecule has 26 aromatic rings. The summed E-state index contributed by atoms with van der Waals surface area (Å²) in [5.41, 5.74) is 32.2. The standard InChI is InChI=1S/C43H27N3O.C38H24N2O.C26H16N2O.C18H14/c1-4-13-28(14-5-1)33-26-37(29-15-6-2-7-16-29)44-38(27-33)31-19-12-20-32(25-31)43-45-40(30-17-8-3-9-18-30)36-24-23-35-34-21-10-11-22-39(34)47-42(35)41(36)46-43;1-3-11-25(12-4-1)27-15-9-16-28(23-27)29-17-10-18-30(24-29)38-39-36(26-13-5-2-6-14-26)32-21-22-34-35(37(32)40-38)31-19-7-8-20-33(31)41-34;1-3-9-17(10-4-1)24-20-15-16-22-23(19-13-7-8-14-21(19)29-22)25(20)28-26(27-24)18-11-5-2-6-12-18;1-3-7-15(8-4-1)17-11-13-18(14-12-17)16-9-5-2-6-10-16/h1-27H;1-24H;1-16H;1-14H. The molecule has 0 saturated carbocycles. The Hall–Kier alpha value is -18.3. The fourth-order valence-electron chi connectivity index (χ4n) is 18.1. The molecule has 0 aliphatic rings. The number of nitrogens with zero attached hydrogens (tertiary/aromatic N) is 7. The summed E-state index contributed by atoms with van der Waals surface area (Å²) < 4.78 is 18.8. The molecular formula is C125H81N7O3. The maximum absolute atomic E-state index is 6.45. The van der Waals surface area contributed by atoms with Crippen molar-refractivity contribution < 1.29 is 13.3 Å². The van der Waals surface area contributed by atoms with E-state index in [9.17, 15) is 0 Å². The highest BCUT2D eigenvalue weighted by Gasteiger charge is 2.24. The molecule has 634 valence electrons. The second-order valence-corrected chi connectivity index (χ2v) is 33.2. The van der Waals surface area contributed by atoms with Crippen LogP contribution in [0.25, 0.3) is 245 Å². The van der Waals surface area contributed by atoms with E-state index >= 15 is 0 Å². The third kappa shape index (κ3) is 16.4. The normalized spacial score (nSPS) is 11.3. The first-order valence-electron chi connectivity index (χ1n) is 45.2. The molecule has 0 aliphatic heterocycles. The van der Waals surface area contributed by atoms with E-state index in [-0.39, 0.29) is 0 Å². The van der Waals surface area contributed by atoms with Gasteiger partial charge in [-0.3, -0.25) is 0 Å². The molecule has 135 heavy (non-hydrogen) atoms. The molecule has 0 fully saturated rings. The van der Waals surface area contributed by atoms with Gasteiger partial charge in [-0.05, 0) is 141 Å². The van der Waals surface area contributed by atoms with E-state index in [1.54, 1.807) is 0 Å². The van der Waals surface area contributed by atoms with Gasteiger partial charge in [-0.15, -0.1) is 0 Å². The first kappa shape index (κ1) is 81.3. The lowest BCUT2D eigenvalue weighted by atomic mass is 9.97. The minimum absolute atomic E-state index is 0.633. The summed E-state index contributed by atoms with van der Waals surface area (Å²) in [6, 6.07) is 169. The highest BCUT2D eigenvalue weighted by molar-refractivity contribution is 6.21. The van der Waals surface area contributed by atoms with Gasteiger partial charge < -0.3 is 13.3 Å². The molecule has 0 radical (unpaired) electrons. The molecule has 0 amide bonds. The SMILES string of the molecule is c1ccc(-c2cc(-c3ccccc3)nc(-c3cccc(-c4nc(-c5ccccc5)c5ccc6c7ccccc7oc6c5n4)c3)c2)cc1.c1ccc(-c2ccc(-c3ccccc3)cc2)cc1.c1ccc(-c2cccc(-c3cccc(-c4nc(-c5ccccc5)c5ccc6oc7ccccc7c6c5n4)c3)c2)cc1.c1ccc(-c2nc(-c3ccccc3)c3ccc4oc5ccccc5c4c3n2)cc1. The molecule has 26 rings (SSSR count). The first-order chi connectivity index (χ1) is 66.9. The van der Waals surface area contributed by atoms with Crippen molar-refractivity contribution in [3.8, 4) is 146 Å². The Balaban J connectivity index is 0.000000106. The quantitative estimate of drug-likeness (QED) is 0.110. The fraction of sp³-hybridized carbons (Fsp3) is 0. The van der Waals surface area contributed by atoms with Gasteiger partial charge in [0.1, 0.15) is 33.4 Å². The third-order valence-electron chi connectivity index (χ3n) is 24.7. The highest BCUT2D eigenvalue weighted by atomic mass is 16.3. The van der Waals surface area contributed by atoms with Gasteiger partial charge in [0.05, 0.1) is 50.3 Å². The summed E-state index contributed by atoms with van der Waals surface area (Å²) in [5, 5.41) is 9.29. The van der Waals surface area contributed by atoms with E-state index in [1.807, 2.05) is 182 Å². The van der Waals surface area contributed by atoms with Crippen LogP contribution >= 0.6 is 0 Å². The van der Waals surface area contributed by atoms with E-state index in [0.29, 0.717) is 11.6 Å². The van der Waals surface area contributed by atoms with E-state index in [1.165, 1.54) is 33.4 Å². The van der Waals surface area contributed by atoms with Gasteiger partial charge in [-0.1, -0.05) is 406 Å². The van der Waals surface area contributed by atoms with Crippen molar-refractivity contribution >= 4 is 98.5 Å². The van der Waals surface area contributed by atoms with Crippen LogP contribution in [0.2, 0.25) is 0 Å². The van der Waals surface area contributed by atoms with Gasteiger partial charge in [0.2, 0.25) is 0 Å². The lowest BCUT2D eigenvalue weighted by molar-refractivity contribution is 0.669. The van der Waals surface area contributed by atoms with Crippen molar-refractivity contribution in [3.05, 3.63) is 491 Å². The summed E-state index contributed by atoms with van der Waals surface area (Å²) in [5.74, 6) is 2.04. The van der Waals surface area contributed by atoms with Gasteiger partial charge in [-0.25, -0.2) is 34.9 Å². The van der Waals surface area contributed by atoms with E-state index in [0.717, 1.165) is 200 Å². The zero-order valence-electron chi connectivity index (χ0n) is 73.1. The van der Waals surface area contributed by atoms with Crippen molar-refractivity contribution in [3.63, 3.8) is 0 Å². The topological polar surface area (TPSA) is 130 Å². The summed E-state index contributed by atoms with van der Waals surface area (Å²) in [6.07, 6.45) is 0. The van der Waals surface area contributed by atoms with Gasteiger partial charge in [0, 0.05) is 82.2 Å². The van der Waals surface area contributed by atoms with E-state index in [2.05, 4.69) is 309 Å². The first-order valence-corrected chi connectivity index (χ1v) is 45.2. The average Bonchev–Trinajstić information content (AvgIpc) is 1.66. The van der Waals surface area contributed by atoms with Crippen molar-refractivity contribution in [1.82, 2.24) is 34.9 Å². The average molecular weight is 1730 g/mol. The van der Waals surface area contributed by atoms with E-state index in [4.69, 9.17) is 48.1 Å². The summed E-state index contributed by atoms with van der Waals surface area (Å²) in [6.45, 7) is 0. The van der Waals surface area contributed by atoms with Crippen LogP contribution in [-0.4, -0.2) is 34.9 Å². The Bertz CT molecular complexity index is 8690. The minimum Gasteiger partial charge on any atom is -0.456 e. The third-order valence-corrected chi connectivity index (χ3v) is 24.7. The Labute approximate surface area is 778 Å². The van der Waals surface area contributed by atoms with Gasteiger partial charge in [0.15, 0.2) is 23.1 Å². The number of hydrogen-bond donors (Lipinski definition) is 0. The van der Waals surface area contributed by atoms with Crippen LogP contribution in [-0.2, 0) is 0 Å². The smallest absolute Gasteiger partial charge is 0.161 e. The van der Waals surface area contributed by atoms with Crippen molar-refractivity contribution in [1.29, 1.82) is 0 Å². The van der Waals surface area contributed by atoms with Crippen molar-refractivity contribution in [2.75, 3.05) is 0 Å². The Morgan fingerprint density at radius 3 is 0.844 bits per heavy atom. The van der Waals surface area contributed by atoms with Crippen LogP contribution in [0.4, 0.5) is 0 Å². The molecule has 0 saturated heterocycles. The minimum atomic E-state index is 0.633. The molecule has 7 aromatic heterocycles. The molecule has 19 aromatic carbocycles. The van der Waals surface area contributed by atoms with Crippen LogP contribution in [0.15, 0.2) is 505 Å². The van der Waals surface area contributed by atoms with Crippen LogP contribution in [0.5, 0.6) is 0 Å². The van der Waals surface area contributed by atoms with Crippen molar-refractivity contribution in [2.24, 2.45) is 0 Å². The molecule has 10 nitrogen and oxygen atoms in total. The fourth-order valence-corrected chi connectivity index (χ4v) is 18.1. The number of benzene rings is 19. The monoisotopic (exact) mass is 1730 g/mol. The molecular weight excluding hydrogens is 1650 g/mol. The molecule has 0 aliphatic carbocycles. The largest absolute Gasteiger partial charge is 0.456 e. The number of rotatable bonds is 13. The van der Waals surface area contributed by atoms with Crippen LogP contribution in [0, 0.1) is 0 Å². The molecule has 0 bridgehead atoms. The zero-order chi connectivity index (χ0) is 89.8. The van der Waals surface area contributed by atoms with Crippen LogP contribution in [0.3, 0.4) is 0 Å². The Morgan fingerprint density at radius 1 is 0.133 bits per heavy atom. The maximum Gasteiger partial charge on any atom is 0.161 e. The molecule has 0 spiro atoms. The lowest BCUT2D eigenvalue weighted by Crippen LogP contribution is -1.96. The van der Waals surface area contributed by atoms with Crippen LogP contribution in [0.1, 0.15) is 0 Å². The molecule has 7 heterocycles. The van der Waals surface area contributed by atoms with Crippen molar-refractivity contribution in [2.45, 2.75) is 0 Å². The number of para-hydroxylation sites is 3. The zero-order valence-corrected chi connectivity index (χ0v) is 73.1. The summed E-state index contributed by atoms with van der Waals surface area (Å²) in [7, 11) is 0. The maximum atomic E-state index is 6.45. The lowest BCUT2D eigenvalue weighted by Gasteiger charge is -2.12. The van der Waals surface area contributed by atoms with Gasteiger partial charge >= 0.3 is 0 Å². The van der Waals surface area contributed by atoms with E-state index < -0.39 is 0 Å². The van der Waals surface area contributed by atoms with Crippen LogP contribution < -0.4 is 0 Å². The summed E-state index contributed by atoms with van der Waals surface area (Å²) >= 11 is 0. The Morgan fingerprint density at radius 2 is 0.407 bits per heavy atom. The number of furan rings is 3. The van der Waals surface area contributed by atoms with Gasteiger partial charge in [0.25, 0.3) is 0 Å². The second-order valence-electron chi connectivity index (χ2n) is 33.2. The number of pyridine rings is 1.